The van der Waals surface area contributed by atoms with Crippen molar-refractivity contribution >= 4 is 33.5 Å². The minimum absolute atomic E-state index is 0.365. The van der Waals surface area contributed by atoms with Crippen molar-refractivity contribution in [1.29, 1.82) is 5.26 Å². The molecule has 4 aromatic rings. The molecule has 0 aliphatic heterocycles. The van der Waals surface area contributed by atoms with Crippen molar-refractivity contribution in [2.45, 2.75) is 13.0 Å². The van der Waals surface area contributed by atoms with Crippen molar-refractivity contribution in [3.63, 3.8) is 0 Å². The van der Waals surface area contributed by atoms with E-state index in [1.165, 1.54) is 7.11 Å². The van der Waals surface area contributed by atoms with Gasteiger partial charge in [0.2, 0.25) is 0 Å². The number of nitrogens with zero attached hydrogens (tertiary/aromatic N) is 1. The highest BCUT2D eigenvalue weighted by Crippen LogP contribution is 2.36. The normalized spacial score (nSPS) is 11.7. The summed E-state index contributed by atoms with van der Waals surface area (Å²) in [5.41, 5.74) is 2.30. The smallest absolute Gasteiger partial charge is 0.265 e. The van der Waals surface area contributed by atoms with Gasteiger partial charge in [-0.25, -0.2) is 0 Å². The molecular formula is C24H20N2O5. The molecule has 0 fully saturated rings. The first-order valence-electron chi connectivity index (χ1n) is 9.59. The number of carbonyl (C=O) groups excluding carboxylic acids is 1. The van der Waals surface area contributed by atoms with E-state index in [2.05, 4.69) is 5.32 Å². The Morgan fingerprint density at radius 2 is 1.74 bits per heavy atom. The fraction of sp³-hybridized carbons (Fsp3) is 0.167. The first-order chi connectivity index (χ1) is 15.0. The van der Waals surface area contributed by atoms with Crippen LogP contribution >= 0.6 is 0 Å². The second kappa shape index (κ2) is 8.28. The van der Waals surface area contributed by atoms with Gasteiger partial charge in [0, 0.05) is 22.9 Å². The Hall–Kier alpha value is -4.18. The summed E-state index contributed by atoms with van der Waals surface area (Å²) in [6.45, 7) is 1.62. The van der Waals surface area contributed by atoms with Gasteiger partial charge < -0.3 is 23.9 Å². The molecule has 3 aromatic carbocycles. The Balaban J connectivity index is 1.59. The molecule has 156 valence electrons. The van der Waals surface area contributed by atoms with Crippen molar-refractivity contribution < 1.29 is 23.4 Å². The highest BCUT2D eigenvalue weighted by molar-refractivity contribution is 6.08. The van der Waals surface area contributed by atoms with Crippen LogP contribution in [0.15, 0.2) is 59.0 Å². The molecule has 1 heterocycles. The average Bonchev–Trinajstić information content (AvgIpc) is 3.15. The summed E-state index contributed by atoms with van der Waals surface area (Å²) in [7, 11) is 3.02. The zero-order valence-electron chi connectivity index (χ0n) is 17.3. The summed E-state index contributed by atoms with van der Waals surface area (Å²) >= 11 is 0. The second-order valence-corrected chi connectivity index (χ2v) is 6.87. The average molecular weight is 416 g/mol. The molecule has 31 heavy (non-hydrogen) atoms. The number of nitriles is 1. The first kappa shape index (κ1) is 20.1. The van der Waals surface area contributed by atoms with Crippen LogP contribution in [0.3, 0.4) is 0 Å². The van der Waals surface area contributed by atoms with Crippen LogP contribution < -0.4 is 19.5 Å². The van der Waals surface area contributed by atoms with E-state index in [0.29, 0.717) is 34.1 Å². The van der Waals surface area contributed by atoms with E-state index in [1.807, 2.05) is 36.4 Å². The van der Waals surface area contributed by atoms with Crippen LogP contribution in [0.5, 0.6) is 17.2 Å². The number of hydrogen-bond donors (Lipinski definition) is 1. The third kappa shape index (κ3) is 3.83. The number of carbonyl (C=O) groups is 1. The number of nitrogens with one attached hydrogen (secondary N) is 1. The predicted octanol–water partition coefficient (Wildman–Crippen LogP) is 4.88. The molecule has 7 nitrogen and oxygen atoms in total. The Kier molecular flexibility index (Phi) is 5.37. The minimum atomic E-state index is -0.835. The molecule has 0 aliphatic carbocycles. The summed E-state index contributed by atoms with van der Waals surface area (Å²) in [6.07, 6.45) is -0.835. The van der Waals surface area contributed by atoms with Crippen molar-refractivity contribution in [3.8, 4) is 23.3 Å². The van der Waals surface area contributed by atoms with E-state index in [4.69, 9.17) is 23.9 Å². The molecule has 1 atom stereocenters. The molecule has 0 aliphatic rings. The van der Waals surface area contributed by atoms with E-state index in [1.54, 1.807) is 38.3 Å². The monoisotopic (exact) mass is 416 g/mol. The highest BCUT2D eigenvalue weighted by Gasteiger charge is 2.20. The standard InChI is InChI=1S/C24H20N2O5/c1-14(30-20-9-8-15(13-25)10-23(20)29-3)24(27)26-18-12-21-17(11-22(18)28-2)16-6-4-5-7-19(16)31-21/h4-12,14H,1-3H3,(H,26,27)/t14-/m0/s1. The number of methoxy groups -OCH3 is 2. The van der Waals surface area contributed by atoms with Crippen molar-refractivity contribution in [2.75, 3.05) is 19.5 Å². The molecule has 0 unspecified atom stereocenters. The molecule has 0 saturated heterocycles. The molecule has 0 radical (unpaired) electrons. The molecule has 0 bridgehead atoms. The highest BCUT2D eigenvalue weighted by atomic mass is 16.5. The maximum atomic E-state index is 12.8. The van der Waals surface area contributed by atoms with E-state index in [9.17, 15) is 4.79 Å². The largest absolute Gasteiger partial charge is 0.495 e. The Morgan fingerprint density at radius 1 is 0.968 bits per heavy atom. The van der Waals surface area contributed by atoms with Gasteiger partial charge in [0.15, 0.2) is 17.6 Å². The van der Waals surface area contributed by atoms with Crippen LogP contribution in [0.1, 0.15) is 12.5 Å². The van der Waals surface area contributed by atoms with Gasteiger partial charge in [-0.05, 0) is 31.2 Å². The molecule has 4 rings (SSSR count). The van der Waals surface area contributed by atoms with Crippen LogP contribution in [-0.2, 0) is 4.79 Å². The number of rotatable bonds is 6. The number of para-hydroxylation sites is 1. The summed E-state index contributed by atoms with van der Waals surface area (Å²) in [5.74, 6) is 0.875. The van der Waals surface area contributed by atoms with E-state index >= 15 is 0 Å². The molecule has 0 spiro atoms. The fourth-order valence-electron chi connectivity index (χ4n) is 3.33. The molecule has 1 aromatic heterocycles. The first-order valence-corrected chi connectivity index (χ1v) is 9.59. The number of ether oxygens (including phenoxy) is 3. The summed E-state index contributed by atoms with van der Waals surface area (Å²) in [5, 5.41) is 13.7. The Labute approximate surface area is 178 Å². The Morgan fingerprint density at radius 3 is 2.48 bits per heavy atom. The fourth-order valence-corrected chi connectivity index (χ4v) is 3.33. The predicted molar refractivity (Wildman–Crippen MR) is 117 cm³/mol. The van der Waals surface area contributed by atoms with Crippen LogP contribution in [0.4, 0.5) is 5.69 Å². The van der Waals surface area contributed by atoms with Gasteiger partial charge in [-0.1, -0.05) is 18.2 Å². The lowest BCUT2D eigenvalue weighted by Gasteiger charge is -2.17. The molecule has 1 amide bonds. The number of amides is 1. The van der Waals surface area contributed by atoms with E-state index < -0.39 is 6.10 Å². The topological polar surface area (TPSA) is 93.7 Å². The van der Waals surface area contributed by atoms with Crippen molar-refractivity contribution in [1.82, 2.24) is 0 Å². The number of fused-ring (bicyclic) bond motifs is 3. The van der Waals surface area contributed by atoms with Gasteiger partial charge in [0.05, 0.1) is 31.5 Å². The zero-order chi connectivity index (χ0) is 22.0. The summed E-state index contributed by atoms with van der Waals surface area (Å²) in [4.78, 5) is 12.8. The van der Waals surface area contributed by atoms with Gasteiger partial charge in [0.25, 0.3) is 5.91 Å². The van der Waals surface area contributed by atoms with Crippen LogP contribution in [0, 0.1) is 11.3 Å². The number of anilines is 1. The molecular weight excluding hydrogens is 396 g/mol. The SMILES string of the molecule is COc1cc2c(cc1NC(=O)[C@H](C)Oc1ccc(C#N)cc1OC)oc1ccccc12. The number of benzene rings is 3. The van der Waals surface area contributed by atoms with Crippen LogP contribution in [-0.4, -0.2) is 26.2 Å². The lowest BCUT2D eigenvalue weighted by atomic mass is 10.1. The molecule has 1 N–H and O–H groups in total. The van der Waals surface area contributed by atoms with Crippen molar-refractivity contribution in [3.05, 3.63) is 60.2 Å². The van der Waals surface area contributed by atoms with Gasteiger partial charge >= 0.3 is 0 Å². The number of furan rings is 1. The number of hydrogen-bond acceptors (Lipinski definition) is 6. The Bertz CT molecular complexity index is 1320. The van der Waals surface area contributed by atoms with E-state index in [0.717, 1.165) is 16.4 Å². The second-order valence-electron chi connectivity index (χ2n) is 6.87. The third-order valence-electron chi connectivity index (χ3n) is 4.92. The quantitative estimate of drug-likeness (QED) is 0.481. The maximum absolute atomic E-state index is 12.8. The third-order valence-corrected chi connectivity index (χ3v) is 4.92. The van der Waals surface area contributed by atoms with Gasteiger partial charge in [0.1, 0.15) is 16.9 Å². The maximum Gasteiger partial charge on any atom is 0.265 e. The van der Waals surface area contributed by atoms with E-state index in [-0.39, 0.29) is 5.91 Å². The van der Waals surface area contributed by atoms with Gasteiger partial charge in [-0.2, -0.15) is 5.26 Å². The lowest BCUT2D eigenvalue weighted by Crippen LogP contribution is -2.30. The van der Waals surface area contributed by atoms with Crippen LogP contribution in [0.2, 0.25) is 0 Å². The van der Waals surface area contributed by atoms with Gasteiger partial charge in [-0.15, -0.1) is 0 Å². The zero-order valence-corrected chi connectivity index (χ0v) is 17.3. The summed E-state index contributed by atoms with van der Waals surface area (Å²) < 4.78 is 22.4. The minimum Gasteiger partial charge on any atom is -0.495 e. The summed E-state index contributed by atoms with van der Waals surface area (Å²) in [6, 6.07) is 18.1. The lowest BCUT2D eigenvalue weighted by molar-refractivity contribution is -0.122. The molecule has 7 heteroatoms. The van der Waals surface area contributed by atoms with Crippen molar-refractivity contribution in [2.24, 2.45) is 0 Å². The van der Waals surface area contributed by atoms with Gasteiger partial charge in [-0.3, -0.25) is 4.79 Å². The molecule has 0 saturated carbocycles. The van der Waals surface area contributed by atoms with Crippen LogP contribution in [0.25, 0.3) is 21.9 Å².